The number of hydrogen-bond acceptors (Lipinski definition) is 4. The Hall–Kier alpha value is -2.92. The van der Waals surface area contributed by atoms with Gasteiger partial charge in [0.15, 0.2) is 5.43 Å². The Morgan fingerprint density at radius 2 is 1.80 bits per heavy atom. The fourth-order valence-corrected chi connectivity index (χ4v) is 4.09. The van der Waals surface area contributed by atoms with Gasteiger partial charge in [-0.1, -0.05) is 50.2 Å². The molecule has 0 radical (unpaired) electrons. The van der Waals surface area contributed by atoms with Crippen LogP contribution in [0.1, 0.15) is 66.4 Å². The highest BCUT2D eigenvalue weighted by Gasteiger charge is 2.42. The van der Waals surface area contributed by atoms with Crippen molar-refractivity contribution in [2.24, 2.45) is 0 Å². The van der Waals surface area contributed by atoms with E-state index in [1.54, 1.807) is 23.1 Å². The first-order chi connectivity index (χ1) is 14.5. The smallest absolute Gasteiger partial charge is 0.290 e. The van der Waals surface area contributed by atoms with Crippen molar-refractivity contribution in [2.75, 3.05) is 19.8 Å². The number of benzene rings is 2. The summed E-state index contributed by atoms with van der Waals surface area (Å²) in [6, 6.07) is 14.8. The monoisotopic (exact) mass is 405 g/mol. The first-order valence-electron chi connectivity index (χ1n) is 10.6. The predicted molar refractivity (Wildman–Crippen MR) is 117 cm³/mol. The summed E-state index contributed by atoms with van der Waals surface area (Å²) in [5, 5.41) is 0.504. The van der Waals surface area contributed by atoms with Crippen LogP contribution >= 0.6 is 0 Å². The van der Waals surface area contributed by atoms with Crippen LogP contribution in [-0.2, 0) is 4.74 Å². The van der Waals surface area contributed by atoms with E-state index in [0.29, 0.717) is 48.6 Å². The van der Waals surface area contributed by atoms with Crippen LogP contribution in [0.15, 0.2) is 57.7 Å². The molecule has 0 aliphatic carbocycles. The lowest BCUT2D eigenvalue weighted by molar-refractivity contribution is 0.0696. The van der Waals surface area contributed by atoms with Gasteiger partial charge in [-0.25, -0.2) is 0 Å². The highest BCUT2D eigenvalue weighted by Crippen LogP contribution is 2.38. The van der Waals surface area contributed by atoms with Crippen LogP contribution in [0.5, 0.6) is 0 Å². The molecule has 2 heterocycles. The quantitative estimate of drug-likeness (QED) is 0.525. The lowest BCUT2D eigenvalue weighted by Crippen LogP contribution is -2.31. The first-order valence-corrected chi connectivity index (χ1v) is 10.6. The molecular weight excluding hydrogens is 378 g/mol. The number of hydrogen-bond donors (Lipinski definition) is 0. The Kier molecular flexibility index (Phi) is 5.73. The second kappa shape index (κ2) is 8.44. The molecule has 3 aromatic rings. The molecule has 156 valence electrons. The van der Waals surface area contributed by atoms with Gasteiger partial charge in [-0.3, -0.25) is 9.59 Å². The molecule has 5 nitrogen and oxygen atoms in total. The number of para-hydroxylation sites is 1. The Morgan fingerprint density at radius 1 is 1.07 bits per heavy atom. The summed E-state index contributed by atoms with van der Waals surface area (Å²) in [6.07, 6.45) is 0.696. The molecule has 1 aliphatic heterocycles. The topological polar surface area (TPSA) is 59.8 Å². The molecule has 4 rings (SSSR count). The Bertz CT molecular complexity index is 1110. The van der Waals surface area contributed by atoms with E-state index in [4.69, 9.17) is 9.15 Å². The summed E-state index contributed by atoms with van der Waals surface area (Å²) < 4.78 is 11.4. The van der Waals surface area contributed by atoms with Crippen molar-refractivity contribution in [3.8, 4) is 0 Å². The van der Waals surface area contributed by atoms with Crippen molar-refractivity contribution in [1.29, 1.82) is 0 Å². The molecule has 1 aliphatic rings. The number of amides is 1. The lowest BCUT2D eigenvalue weighted by atomic mass is 9.95. The van der Waals surface area contributed by atoms with Gasteiger partial charge in [0.05, 0.1) is 17.0 Å². The van der Waals surface area contributed by atoms with Gasteiger partial charge in [-0.05, 0) is 42.5 Å². The van der Waals surface area contributed by atoms with E-state index in [0.717, 1.165) is 5.56 Å². The van der Waals surface area contributed by atoms with Crippen molar-refractivity contribution in [3.63, 3.8) is 0 Å². The van der Waals surface area contributed by atoms with E-state index in [2.05, 4.69) is 26.0 Å². The van der Waals surface area contributed by atoms with Crippen molar-refractivity contribution in [2.45, 2.75) is 39.2 Å². The third-order valence-electron chi connectivity index (χ3n) is 5.68. The summed E-state index contributed by atoms with van der Waals surface area (Å²) >= 11 is 0. The summed E-state index contributed by atoms with van der Waals surface area (Å²) in [5.74, 6) is 0.336. The highest BCUT2D eigenvalue weighted by molar-refractivity contribution is 5.99. The number of rotatable bonds is 7. The van der Waals surface area contributed by atoms with Crippen LogP contribution in [0.3, 0.4) is 0 Å². The highest BCUT2D eigenvalue weighted by atomic mass is 16.5. The zero-order valence-corrected chi connectivity index (χ0v) is 17.7. The van der Waals surface area contributed by atoms with Gasteiger partial charge in [0.1, 0.15) is 5.58 Å². The average molecular weight is 405 g/mol. The molecule has 0 fully saturated rings. The van der Waals surface area contributed by atoms with Gasteiger partial charge in [0.2, 0.25) is 5.76 Å². The van der Waals surface area contributed by atoms with E-state index in [-0.39, 0.29) is 17.1 Å². The molecule has 2 aromatic carbocycles. The Labute approximate surface area is 176 Å². The molecule has 0 spiro atoms. The number of carbonyl (C=O) groups excluding carboxylic acids is 1. The standard InChI is InChI=1S/C25H27NO4/c1-4-29-15-7-14-26-22(18-12-10-17(11-13-18)16(2)3)21-23(27)19-8-5-6-9-20(19)30-24(21)25(26)28/h5-6,8-13,16,22H,4,7,14-15H2,1-3H3. The van der Waals surface area contributed by atoms with Crippen molar-refractivity contribution in [1.82, 2.24) is 4.90 Å². The summed E-state index contributed by atoms with van der Waals surface area (Å²) in [6.45, 7) is 7.94. The van der Waals surface area contributed by atoms with Crippen LogP contribution in [0.4, 0.5) is 0 Å². The zero-order valence-electron chi connectivity index (χ0n) is 17.7. The number of carbonyl (C=O) groups is 1. The van der Waals surface area contributed by atoms with E-state index in [1.807, 2.05) is 25.1 Å². The van der Waals surface area contributed by atoms with E-state index < -0.39 is 6.04 Å². The van der Waals surface area contributed by atoms with Crippen molar-refractivity contribution < 1.29 is 13.9 Å². The largest absolute Gasteiger partial charge is 0.450 e. The predicted octanol–water partition coefficient (Wildman–Crippen LogP) is 4.89. The second-order valence-electron chi connectivity index (χ2n) is 7.94. The Balaban J connectivity index is 1.82. The molecule has 1 atom stereocenters. The first kappa shape index (κ1) is 20.4. The molecular formula is C25H27NO4. The van der Waals surface area contributed by atoms with Gasteiger partial charge in [-0.2, -0.15) is 0 Å². The van der Waals surface area contributed by atoms with E-state index in [9.17, 15) is 9.59 Å². The normalized spacial score (nSPS) is 15.9. The van der Waals surface area contributed by atoms with E-state index in [1.165, 1.54) is 5.56 Å². The molecule has 1 amide bonds. The molecule has 5 heteroatoms. The molecule has 0 saturated carbocycles. The molecule has 1 aromatic heterocycles. The average Bonchev–Trinajstić information content (AvgIpc) is 3.03. The molecule has 0 saturated heterocycles. The van der Waals surface area contributed by atoms with Crippen LogP contribution in [0.2, 0.25) is 0 Å². The van der Waals surface area contributed by atoms with Gasteiger partial charge in [0.25, 0.3) is 5.91 Å². The summed E-state index contributed by atoms with van der Waals surface area (Å²) in [4.78, 5) is 28.4. The second-order valence-corrected chi connectivity index (χ2v) is 7.94. The number of ether oxygens (including phenoxy) is 1. The third-order valence-corrected chi connectivity index (χ3v) is 5.68. The maximum Gasteiger partial charge on any atom is 0.290 e. The minimum absolute atomic E-state index is 0.134. The van der Waals surface area contributed by atoms with Crippen LogP contribution in [-0.4, -0.2) is 30.6 Å². The van der Waals surface area contributed by atoms with Crippen molar-refractivity contribution in [3.05, 3.63) is 81.2 Å². The molecule has 0 bridgehead atoms. The zero-order chi connectivity index (χ0) is 21.3. The van der Waals surface area contributed by atoms with Crippen LogP contribution in [0, 0.1) is 0 Å². The third kappa shape index (κ3) is 3.54. The minimum atomic E-state index is -0.448. The van der Waals surface area contributed by atoms with Gasteiger partial charge >= 0.3 is 0 Å². The summed E-state index contributed by atoms with van der Waals surface area (Å²) in [5.41, 5.74) is 2.89. The maximum atomic E-state index is 13.4. The molecule has 0 N–H and O–H groups in total. The molecule has 30 heavy (non-hydrogen) atoms. The van der Waals surface area contributed by atoms with Gasteiger partial charge in [0, 0.05) is 19.8 Å². The van der Waals surface area contributed by atoms with Crippen LogP contribution < -0.4 is 5.43 Å². The SMILES string of the molecule is CCOCCCN1C(=O)c2oc3ccccc3c(=O)c2C1c1ccc(C(C)C)cc1. The van der Waals surface area contributed by atoms with E-state index >= 15 is 0 Å². The number of nitrogens with zero attached hydrogens (tertiary/aromatic N) is 1. The lowest BCUT2D eigenvalue weighted by Gasteiger charge is -2.25. The Morgan fingerprint density at radius 3 is 2.50 bits per heavy atom. The fraction of sp³-hybridized carbons (Fsp3) is 0.360. The fourth-order valence-electron chi connectivity index (χ4n) is 4.09. The number of fused-ring (bicyclic) bond motifs is 2. The van der Waals surface area contributed by atoms with Crippen LogP contribution in [0.25, 0.3) is 11.0 Å². The van der Waals surface area contributed by atoms with Crippen molar-refractivity contribution >= 4 is 16.9 Å². The summed E-state index contributed by atoms with van der Waals surface area (Å²) in [7, 11) is 0. The van der Waals surface area contributed by atoms with Gasteiger partial charge in [-0.15, -0.1) is 0 Å². The molecule has 1 unspecified atom stereocenters. The van der Waals surface area contributed by atoms with Gasteiger partial charge < -0.3 is 14.1 Å². The minimum Gasteiger partial charge on any atom is -0.450 e. The maximum absolute atomic E-state index is 13.4.